The summed E-state index contributed by atoms with van der Waals surface area (Å²) in [5, 5.41) is 8.80. The van der Waals surface area contributed by atoms with Gasteiger partial charge in [-0.25, -0.2) is 8.42 Å². The molecule has 0 fully saturated rings. The van der Waals surface area contributed by atoms with Crippen LogP contribution in [0.3, 0.4) is 0 Å². The van der Waals surface area contributed by atoms with E-state index >= 15 is 0 Å². The zero-order chi connectivity index (χ0) is 17.7. The monoisotopic (exact) mass is 475 g/mol. The minimum absolute atomic E-state index is 0.0896. The Morgan fingerprint density at radius 3 is 1.96 bits per heavy atom. The molecular weight excluding hydrogens is 462 g/mol. The Morgan fingerprint density at radius 2 is 1.46 bits per heavy atom. The van der Waals surface area contributed by atoms with Crippen molar-refractivity contribution in [3.63, 3.8) is 0 Å². The molecule has 0 aliphatic rings. The topological polar surface area (TPSA) is 74.7 Å². The number of hydrogen-bond donors (Lipinski definition) is 1. The Hall–Kier alpha value is -1.38. The third-order valence-corrected chi connectivity index (χ3v) is 6.17. The second-order valence-corrected chi connectivity index (χ2v) is 8.70. The molecule has 0 atom stereocenters. The van der Waals surface area contributed by atoms with E-state index in [1.807, 2.05) is 0 Å². The number of sulfonamides is 1. The standard InChI is InChI=1S/C16H15Br2NO4S/c17-12-3-7-14(8-4-12)19(11-1-2-16(20)21)24(22,23)15-9-5-13(18)6-10-15/h3-10H,1-2,11H2,(H,20,21). The van der Waals surface area contributed by atoms with E-state index in [9.17, 15) is 13.2 Å². The maximum Gasteiger partial charge on any atom is 0.303 e. The molecule has 0 bridgehead atoms. The fourth-order valence-corrected chi connectivity index (χ4v) is 4.13. The van der Waals surface area contributed by atoms with Crippen molar-refractivity contribution in [2.45, 2.75) is 17.7 Å². The van der Waals surface area contributed by atoms with Crippen LogP contribution in [0.5, 0.6) is 0 Å². The van der Waals surface area contributed by atoms with Gasteiger partial charge in [0.25, 0.3) is 10.0 Å². The smallest absolute Gasteiger partial charge is 0.303 e. The van der Waals surface area contributed by atoms with Crippen molar-refractivity contribution in [3.8, 4) is 0 Å². The predicted octanol–water partition coefficient (Wildman–Crippen LogP) is 4.27. The summed E-state index contributed by atoms with van der Waals surface area (Å²) < 4.78 is 28.8. The zero-order valence-electron chi connectivity index (χ0n) is 12.5. The summed E-state index contributed by atoms with van der Waals surface area (Å²) in [5.41, 5.74) is 0.492. The van der Waals surface area contributed by atoms with E-state index in [0.717, 1.165) is 8.95 Å². The van der Waals surface area contributed by atoms with E-state index in [1.54, 1.807) is 36.4 Å². The normalized spacial score (nSPS) is 11.2. The van der Waals surface area contributed by atoms with Crippen molar-refractivity contribution in [1.29, 1.82) is 0 Å². The molecule has 2 rings (SSSR count). The highest BCUT2D eigenvalue weighted by molar-refractivity contribution is 9.10. The van der Waals surface area contributed by atoms with Gasteiger partial charge in [-0.2, -0.15) is 0 Å². The van der Waals surface area contributed by atoms with Crippen LogP contribution in [-0.4, -0.2) is 26.0 Å². The quantitative estimate of drug-likeness (QED) is 0.647. The number of carbonyl (C=O) groups is 1. The summed E-state index contributed by atoms with van der Waals surface area (Å²) in [7, 11) is -3.78. The van der Waals surface area contributed by atoms with Gasteiger partial charge in [-0.3, -0.25) is 9.10 Å². The first-order chi connectivity index (χ1) is 11.3. The molecule has 0 aliphatic carbocycles. The van der Waals surface area contributed by atoms with Crippen LogP contribution in [0.15, 0.2) is 62.4 Å². The Labute approximate surface area is 157 Å². The number of rotatable bonds is 7. The summed E-state index contributed by atoms with van der Waals surface area (Å²) in [6.07, 6.45) is 0.129. The minimum Gasteiger partial charge on any atom is -0.481 e. The number of aliphatic carboxylic acids is 1. The average molecular weight is 477 g/mol. The van der Waals surface area contributed by atoms with Gasteiger partial charge < -0.3 is 5.11 Å². The van der Waals surface area contributed by atoms with Crippen LogP contribution >= 0.6 is 31.9 Å². The molecule has 0 aromatic heterocycles. The first kappa shape index (κ1) is 19.0. The number of carboxylic acids is 1. The fourth-order valence-electron chi connectivity index (χ4n) is 2.10. The van der Waals surface area contributed by atoms with Crippen LogP contribution in [0.25, 0.3) is 0 Å². The molecule has 0 saturated carbocycles. The molecule has 0 saturated heterocycles. The zero-order valence-corrected chi connectivity index (χ0v) is 16.5. The van der Waals surface area contributed by atoms with Crippen LogP contribution in [0, 0.1) is 0 Å². The van der Waals surface area contributed by atoms with Gasteiger partial charge in [-0.1, -0.05) is 31.9 Å². The maximum absolute atomic E-state index is 13.0. The molecule has 128 valence electrons. The molecule has 0 heterocycles. The third-order valence-electron chi connectivity index (χ3n) is 3.27. The highest BCUT2D eigenvalue weighted by Gasteiger charge is 2.24. The van der Waals surface area contributed by atoms with Gasteiger partial charge in [0, 0.05) is 21.9 Å². The third kappa shape index (κ3) is 4.81. The Morgan fingerprint density at radius 1 is 0.958 bits per heavy atom. The van der Waals surface area contributed by atoms with Crippen LogP contribution in [-0.2, 0) is 14.8 Å². The van der Waals surface area contributed by atoms with Gasteiger partial charge in [0.2, 0.25) is 0 Å². The lowest BCUT2D eigenvalue weighted by Crippen LogP contribution is -2.32. The molecule has 0 spiro atoms. The average Bonchev–Trinajstić information content (AvgIpc) is 2.53. The van der Waals surface area contributed by atoms with Gasteiger partial charge >= 0.3 is 5.97 Å². The fraction of sp³-hybridized carbons (Fsp3) is 0.188. The summed E-state index contributed by atoms with van der Waals surface area (Å²) >= 11 is 6.60. The van der Waals surface area contributed by atoms with Crippen molar-refractivity contribution < 1.29 is 18.3 Å². The number of nitrogens with zero attached hydrogens (tertiary/aromatic N) is 1. The number of anilines is 1. The van der Waals surface area contributed by atoms with Crippen molar-refractivity contribution in [1.82, 2.24) is 0 Å². The Kier molecular flexibility index (Phi) is 6.42. The molecular formula is C16H15Br2NO4S. The Balaban J connectivity index is 2.38. The molecule has 8 heteroatoms. The molecule has 0 amide bonds. The second kappa shape index (κ2) is 8.13. The van der Waals surface area contributed by atoms with Crippen molar-refractivity contribution >= 4 is 53.5 Å². The van der Waals surface area contributed by atoms with Gasteiger partial charge in [-0.15, -0.1) is 0 Å². The van der Waals surface area contributed by atoms with E-state index < -0.39 is 16.0 Å². The van der Waals surface area contributed by atoms with Crippen molar-refractivity contribution in [2.24, 2.45) is 0 Å². The minimum atomic E-state index is -3.78. The molecule has 0 aliphatic heterocycles. The SMILES string of the molecule is O=C(O)CCCN(c1ccc(Br)cc1)S(=O)(=O)c1ccc(Br)cc1. The lowest BCUT2D eigenvalue weighted by atomic mass is 10.3. The molecule has 5 nitrogen and oxygen atoms in total. The van der Waals surface area contributed by atoms with Crippen molar-refractivity contribution in [3.05, 3.63) is 57.5 Å². The van der Waals surface area contributed by atoms with Gasteiger partial charge in [0.1, 0.15) is 0 Å². The summed E-state index contributed by atoms with van der Waals surface area (Å²) in [4.78, 5) is 10.9. The number of hydrogen-bond acceptors (Lipinski definition) is 3. The second-order valence-electron chi connectivity index (χ2n) is 5.00. The van der Waals surface area contributed by atoms with Crippen LogP contribution < -0.4 is 4.31 Å². The van der Waals surface area contributed by atoms with Gasteiger partial charge in [0.05, 0.1) is 10.6 Å². The molecule has 2 aromatic rings. The lowest BCUT2D eigenvalue weighted by Gasteiger charge is -2.24. The first-order valence-corrected chi connectivity index (χ1v) is 10.1. The van der Waals surface area contributed by atoms with Crippen LogP contribution in [0.4, 0.5) is 5.69 Å². The van der Waals surface area contributed by atoms with E-state index in [2.05, 4.69) is 31.9 Å². The number of benzene rings is 2. The Bertz CT molecular complexity index is 805. The van der Waals surface area contributed by atoms with Gasteiger partial charge in [0.15, 0.2) is 0 Å². The van der Waals surface area contributed by atoms with Crippen LogP contribution in [0.2, 0.25) is 0 Å². The molecule has 1 N–H and O–H groups in total. The van der Waals surface area contributed by atoms with E-state index in [0.29, 0.717) is 5.69 Å². The van der Waals surface area contributed by atoms with E-state index in [4.69, 9.17) is 5.11 Å². The van der Waals surface area contributed by atoms with Gasteiger partial charge in [-0.05, 0) is 55.0 Å². The summed E-state index contributed by atoms with van der Waals surface area (Å²) in [6.45, 7) is 0.0896. The van der Waals surface area contributed by atoms with Crippen molar-refractivity contribution in [2.75, 3.05) is 10.8 Å². The molecule has 0 radical (unpaired) electrons. The summed E-state index contributed by atoms with van der Waals surface area (Å²) in [6, 6.07) is 13.2. The maximum atomic E-state index is 13.0. The molecule has 0 unspecified atom stereocenters. The summed E-state index contributed by atoms with van der Waals surface area (Å²) in [5.74, 6) is -0.952. The number of carboxylic acid groups (broad SMARTS) is 1. The van der Waals surface area contributed by atoms with Crippen LogP contribution in [0.1, 0.15) is 12.8 Å². The first-order valence-electron chi connectivity index (χ1n) is 7.06. The highest BCUT2D eigenvalue weighted by Crippen LogP contribution is 2.26. The van der Waals surface area contributed by atoms with E-state index in [1.165, 1.54) is 16.4 Å². The molecule has 2 aromatic carbocycles. The molecule has 24 heavy (non-hydrogen) atoms. The van der Waals surface area contributed by atoms with E-state index in [-0.39, 0.29) is 24.3 Å². The predicted molar refractivity (Wildman–Crippen MR) is 99.7 cm³/mol. The highest BCUT2D eigenvalue weighted by atomic mass is 79.9. The largest absolute Gasteiger partial charge is 0.481 e. The number of halogens is 2. The lowest BCUT2D eigenvalue weighted by molar-refractivity contribution is -0.137.